The molecule has 8 atom stereocenters. The van der Waals surface area contributed by atoms with Gasteiger partial charge in [-0.1, -0.05) is 45.8 Å². The van der Waals surface area contributed by atoms with Gasteiger partial charge in [-0.05, 0) is 53.8 Å². The van der Waals surface area contributed by atoms with Crippen LogP contribution in [0.2, 0.25) is 0 Å². The molecule has 1 saturated carbocycles. The van der Waals surface area contributed by atoms with Gasteiger partial charge in [-0.25, -0.2) is 0 Å². The van der Waals surface area contributed by atoms with Crippen LogP contribution < -0.4 is 0 Å². The van der Waals surface area contributed by atoms with Gasteiger partial charge in [0.25, 0.3) is 0 Å². The minimum absolute atomic E-state index is 0.0305. The van der Waals surface area contributed by atoms with Crippen molar-refractivity contribution in [1.29, 1.82) is 0 Å². The van der Waals surface area contributed by atoms with Crippen molar-refractivity contribution >= 4 is 17.9 Å². The molecule has 2 aliphatic rings. The van der Waals surface area contributed by atoms with E-state index in [1.54, 1.807) is 0 Å². The second kappa shape index (κ2) is 9.57. The maximum absolute atomic E-state index is 11.7. The van der Waals surface area contributed by atoms with Crippen LogP contribution in [0.1, 0.15) is 59.3 Å². The maximum atomic E-state index is 11.7. The highest BCUT2D eigenvalue weighted by Gasteiger charge is 2.54. The number of hydrogen-bond donors (Lipinski definition) is 3. The molecule has 6 nitrogen and oxygen atoms in total. The second-order valence-corrected chi connectivity index (χ2v) is 8.54. The van der Waals surface area contributed by atoms with E-state index in [1.165, 1.54) is 0 Å². The minimum atomic E-state index is -0.930. The SMILES string of the molecule is CCC1C=CC(CC(=O)O)C2C(CC(=O)O)C(CC(=O)O)C(CC)C(CC)C12. The first-order valence-electron chi connectivity index (χ1n) is 10.6. The number of carboxylic acid groups (broad SMARTS) is 3. The van der Waals surface area contributed by atoms with Crippen LogP contribution in [0.15, 0.2) is 12.2 Å². The molecule has 0 aliphatic heterocycles. The van der Waals surface area contributed by atoms with E-state index in [1.807, 2.05) is 6.08 Å². The van der Waals surface area contributed by atoms with Crippen LogP contribution in [-0.2, 0) is 14.4 Å². The number of fused-ring (bicyclic) bond motifs is 1. The Kier molecular flexibility index (Phi) is 7.67. The summed E-state index contributed by atoms with van der Waals surface area (Å²) in [6.07, 6.45) is 6.59. The molecule has 2 rings (SSSR count). The van der Waals surface area contributed by atoms with E-state index in [0.29, 0.717) is 0 Å². The van der Waals surface area contributed by atoms with Crippen molar-refractivity contribution in [1.82, 2.24) is 0 Å². The summed E-state index contributed by atoms with van der Waals surface area (Å²) in [5.41, 5.74) is 0. The van der Waals surface area contributed by atoms with Crippen molar-refractivity contribution < 1.29 is 29.7 Å². The molecule has 2 aliphatic carbocycles. The first-order valence-corrected chi connectivity index (χ1v) is 10.6. The van der Waals surface area contributed by atoms with Gasteiger partial charge in [-0.3, -0.25) is 14.4 Å². The normalized spacial score (nSPS) is 37.2. The van der Waals surface area contributed by atoms with Gasteiger partial charge in [0.05, 0.1) is 6.42 Å². The third-order valence-electron chi connectivity index (χ3n) is 7.32. The fourth-order valence-electron chi connectivity index (χ4n) is 6.51. The third-order valence-corrected chi connectivity index (χ3v) is 7.32. The minimum Gasteiger partial charge on any atom is -0.481 e. The van der Waals surface area contributed by atoms with E-state index in [4.69, 9.17) is 0 Å². The lowest BCUT2D eigenvalue weighted by Gasteiger charge is -2.57. The highest BCUT2D eigenvalue weighted by atomic mass is 16.4. The number of rotatable bonds is 9. The summed E-state index contributed by atoms with van der Waals surface area (Å²) in [6.45, 7) is 6.30. The lowest BCUT2D eigenvalue weighted by Crippen LogP contribution is -2.53. The smallest absolute Gasteiger partial charge is 0.303 e. The van der Waals surface area contributed by atoms with Crippen LogP contribution in [-0.4, -0.2) is 33.2 Å². The number of carboxylic acids is 3. The highest BCUT2D eigenvalue weighted by molar-refractivity contribution is 5.69. The molecule has 28 heavy (non-hydrogen) atoms. The summed E-state index contributed by atoms with van der Waals surface area (Å²) in [4.78, 5) is 34.9. The molecule has 0 bridgehead atoms. The quantitative estimate of drug-likeness (QED) is 0.506. The first-order chi connectivity index (χ1) is 13.2. The highest BCUT2D eigenvalue weighted by Crippen LogP contribution is 2.58. The number of hydrogen-bond acceptors (Lipinski definition) is 3. The standard InChI is InChI=1S/C22H34O6/c1-4-12-7-8-13(9-18(23)24)22-17(11-20(27)28)16(10-19(25)26)14(5-2)15(6-3)21(12)22/h7-8,12-17,21-22H,4-6,9-11H2,1-3H3,(H,23,24)(H,25,26)(H,27,28). The van der Waals surface area contributed by atoms with Gasteiger partial charge in [0.15, 0.2) is 0 Å². The molecule has 0 radical (unpaired) electrons. The zero-order valence-electron chi connectivity index (χ0n) is 17.1. The molecule has 8 unspecified atom stereocenters. The molecule has 0 amide bonds. The molecule has 3 N–H and O–H groups in total. The third kappa shape index (κ3) is 4.58. The van der Waals surface area contributed by atoms with E-state index in [2.05, 4.69) is 26.8 Å². The first kappa shape index (κ1) is 22.4. The molecule has 158 valence electrons. The van der Waals surface area contributed by atoms with Gasteiger partial charge in [0.1, 0.15) is 0 Å². The number of allylic oxidation sites excluding steroid dienone is 2. The fraction of sp³-hybridized carbons (Fsp3) is 0.773. The average molecular weight is 395 g/mol. The largest absolute Gasteiger partial charge is 0.481 e. The molecule has 0 heterocycles. The second-order valence-electron chi connectivity index (χ2n) is 8.54. The van der Waals surface area contributed by atoms with E-state index in [0.717, 1.165) is 19.3 Å². The summed E-state index contributed by atoms with van der Waals surface area (Å²) in [5, 5.41) is 28.6. The van der Waals surface area contributed by atoms with Crippen LogP contribution in [0.5, 0.6) is 0 Å². The Morgan fingerprint density at radius 3 is 1.54 bits per heavy atom. The number of carbonyl (C=O) groups is 3. The maximum Gasteiger partial charge on any atom is 0.303 e. The van der Waals surface area contributed by atoms with Crippen molar-refractivity contribution in [3.05, 3.63) is 12.2 Å². The molecular weight excluding hydrogens is 360 g/mol. The van der Waals surface area contributed by atoms with Gasteiger partial charge < -0.3 is 15.3 Å². The average Bonchev–Trinajstić information content (AvgIpc) is 2.61. The topological polar surface area (TPSA) is 112 Å². The fourth-order valence-corrected chi connectivity index (χ4v) is 6.51. The van der Waals surface area contributed by atoms with Gasteiger partial charge >= 0.3 is 17.9 Å². The Bertz CT molecular complexity index is 612. The van der Waals surface area contributed by atoms with Gasteiger partial charge in [0, 0.05) is 12.8 Å². The van der Waals surface area contributed by atoms with Gasteiger partial charge in [0.2, 0.25) is 0 Å². The summed E-state index contributed by atoms with van der Waals surface area (Å²) >= 11 is 0. The summed E-state index contributed by atoms with van der Waals surface area (Å²) in [7, 11) is 0. The van der Waals surface area contributed by atoms with Gasteiger partial charge in [-0.2, -0.15) is 0 Å². The zero-order chi connectivity index (χ0) is 21.0. The zero-order valence-corrected chi connectivity index (χ0v) is 17.1. The Hall–Kier alpha value is -1.85. The Labute approximate surface area is 167 Å². The van der Waals surface area contributed by atoms with Crippen LogP contribution >= 0.6 is 0 Å². The van der Waals surface area contributed by atoms with Crippen molar-refractivity contribution in [2.45, 2.75) is 59.3 Å². The van der Waals surface area contributed by atoms with E-state index >= 15 is 0 Å². The lowest BCUT2D eigenvalue weighted by atomic mass is 9.47. The summed E-state index contributed by atoms with van der Waals surface area (Å²) < 4.78 is 0. The molecular formula is C22H34O6. The number of aliphatic carboxylic acids is 3. The lowest BCUT2D eigenvalue weighted by molar-refractivity contribution is -0.152. The molecule has 0 aromatic heterocycles. The summed E-state index contributed by atoms with van der Waals surface area (Å²) in [5.74, 6) is -2.66. The van der Waals surface area contributed by atoms with Crippen molar-refractivity contribution in [3.63, 3.8) is 0 Å². The monoisotopic (exact) mass is 394 g/mol. The van der Waals surface area contributed by atoms with Crippen molar-refractivity contribution in [2.75, 3.05) is 0 Å². The van der Waals surface area contributed by atoms with Crippen LogP contribution in [0.4, 0.5) is 0 Å². The summed E-state index contributed by atoms with van der Waals surface area (Å²) in [6, 6.07) is 0. The predicted octanol–water partition coefficient (Wildman–Crippen LogP) is 4.15. The molecule has 0 aromatic carbocycles. The van der Waals surface area contributed by atoms with Crippen LogP contribution in [0.3, 0.4) is 0 Å². The predicted molar refractivity (Wildman–Crippen MR) is 105 cm³/mol. The van der Waals surface area contributed by atoms with Crippen LogP contribution in [0.25, 0.3) is 0 Å². The molecule has 0 saturated heterocycles. The van der Waals surface area contributed by atoms with E-state index < -0.39 is 17.9 Å². The Morgan fingerprint density at radius 2 is 1.07 bits per heavy atom. The Morgan fingerprint density at radius 1 is 0.607 bits per heavy atom. The molecule has 6 heteroatoms. The molecule has 1 fully saturated rings. The van der Waals surface area contributed by atoms with Crippen LogP contribution in [0, 0.1) is 47.3 Å². The Balaban J connectivity index is 2.59. The van der Waals surface area contributed by atoms with Crippen molar-refractivity contribution in [2.24, 2.45) is 47.3 Å². The van der Waals surface area contributed by atoms with Gasteiger partial charge in [-0.15, -0.1) is 0 Å². The van der Waals surface area contributed by atoms with Crippen molar-refractivity contribution in [3.8, 4) is 0 Å². The van der Waals surface area contributed by atoms with E-state index in [9.17, 15) is 29.7 Å². The van der Waals surface area contributed by atoms with E-state index in [-0.39, 0.29) is 66.6 Å². The molecule has 0 aromatic rings. The molecule has 0 spiro atoms.